The monoisotopic (exact) mass is 234 g/mol. The second-order valence-corrected chi connectivity index (χ2v) is 4.17. The van der Waals surface area contributed by atoms with E-state index < -0.39 is 5.82 Å². The quantitative estimate of drug-likeness (QED) is 0.784. The molecule has 1 fully saturated rings. The van der Waals surface area contributed by atoms with Crippen molar-refractivity contribution in [3.63, 3.8) is 0 Å². The van der Waals surface area contributed by atoms with E-state index in [2.05, 4.69) is 4.90 Å². The van der Waals surface area contributed by atoms with Gasteiger partial charge in [-0.05, 0) is 24.1 Å². The highest BCUT2D eigenvalue weighted by Crippen LogP contribution is 2.12. The molecular formula is C13H15FN2O. The van der Waals surface area contributed by atoms with Crippen LogP contribution in [0.2, 0.25) is 0 Å². The normalized spacial score (nSPS) is 17.4. The van der Waals surface area contributed by atoms with Crippen LogP contribution < -0.4 is 0 Å². The zero-order chi connectivity index (χ0) is 12.1. The molecule has 1 heterocycles. The Hall–Kier alpha value is -1.44. The standard InChI is InChI=1S/C13H15FN2O/c14-13-3-2-11(8-12(13)9-15)10-16-4-1-6-17-7-5-16/h2-3,8H,1,4-7,10H2. The van der Waals surface area contributed by atoms with Crippen LogP contribution in [-0.4, -0.2) is 31.2 Å². The van der Waals surface area contributed by atoms with Crippen LogP contribution in [0.1, 0.15) is 17.5 Å². The van der Waals surface area contributed by atoms with Crippen LogP contribution in [0.3, 0.4) is 0 Å². The van der Waals surface area contributed by atoms with Gasteiger partial charge in [0.15, 0.2) is 0 Å². The van der Waals surface area contributed by atoms with Gasteiger partial charge in [0, 0.05) is 26.2 Å². The summed E-state index contributed by atoms with van der Waals surface area (Å²) in [4.78, 5) is 2.27. The van der Waals surface area contributed by atoms with E-state index in [9.17, 15) is 4.39 Å². The highest BCUT2D eigenvalue weighted by molar-refractivity contribution is 5.34. The molecule has 0 amide bonds. The predicted molar refractivity (Wildman–Crippen MR) is 61.8 cm³/mol. The number of nitrogens with zero attached hydrogens (tertiary/aromatic N) is 2. The maximum Gasteiger partial charge on any atom is 0.140 e. The second kappa shape index (κ2) is 5.76. The number of rotatable bonds is 2. The summed E-state index contributed by atoms with van der Waals surface area (Å²) < 4.78 is 18.5. The largest absolute Gasteiger partial charge is 0.380 e. The van der Waals surface area contributed by atoms with Gasteiger partial charge in [0.1, 0.15) is 11.9 Å². The van der Waals surface area contributed by atoms with E-state index in [0.717, 1.165) is 44.8 Å². The molecule has 2 rings (SSSR count). The predicted octanol–water partition coefficient (Wildman–Crippen LogP) is 1.92. The number of benzene rings is 1. The van der Waals surface area contributed by atoms with E-state index in [1.165, 1.54) is 6.07 Å². The Bertz CT molecular complexity index is 420. The zero-order valence-electron chi connectivity index (χ0n) is 9.66. The smallest absolute Gasteiger partial charge is 0.140 e. The summed E-state index contributed by atoms with van der Waals surface area (Å²) in [7, 11) is 0. The SMILES string of the molecule is N#Cc1cc(CN2CCCOCC2)ccc1F. The van der Waals surface area contributed by atoms with Gasteiger partial charge in [0.05, 0.1) is 12.2 Å². The zero-order valence-corrected chi connectivity index (χ0v) is 9.66. The Morgan fingerprint density at radius 3 is 3.06 bits per heavy atom. The van der Waals surface area contributed by atoms with Crippen LogP contribution in [0.15, 0.2) is 18.2 Å². The van der Waals surface area contributed by atoms with Crippen molar-refractivity contribution < 1.29 is 9.13 Å². The maximum atomic E-state index is 13.2. The van der Waals surface area contributed by atoms with Crippen molar-refractivity contribution in [2.45, 2.75) is 13.0 Å². The molecule has 90 valence electrons. The summed E-state index contributed by atoms with van der Waals surface area (Å²) >= 11 is 0. The van der Waals surface area contributed by atoms with E-state index in [0.29, 0.717) is 0 Å². The Morgan fingerprint density at radius 1 is 1.35 bits per heavy atom. The Morgan fingerprint density at radius 2 is 2.24 bits per heavy atom. The van der Waals surface area contributed by atoms with Gasteiger partial charge < -0.3 is 4.74 Å². The minimum Gasteiger partial charge on any atom is -0.380 e. The molecule has 1 aromatic rings. The number of ether oxygens (including phenoxy) is 1. The number of nitriles is 1. The van der Waals surface area contributed by atoms with E-state index >= 15 is 0 Å². The molecule has 17 heavy (non-hydrogen) atoms. The third-order valence-electron chi connectivity index (χ3n) is 2.87. The van der Waals surface area contributed by atoms with Crippen LogP contribution in [0, 0.1) is 17.1 Å². The van der Waals surface area contributed by atoms with Gasteiger partial charge in [-0.1, -0.05) is 6.07 Å². The van der Waals surface area contributed by atoms with Crippen molar-refractivity contribution in [3.8, 4) is 6.07 Å². The minimum atomic E-state index is -0.449. The molecule has 0 atom stereocenters. The van der Waals surface area contributed by atoms with Crippen molar-refractivity contribution in [2.24, 2.45) is 0 Å². The molecule has 0 aromatic heterocycles. The number of hydrogen-bond acceptors (Lipinski definition) is 3. The van der Waals surface area contributed by atoms with Crippen LogP contribution in [0.25, 0.3) is 0 Å². The van der Waals surface area contributed by atoms with Gasteiger partial charge in [-0.3, -0.25) is 4.90 Å². The third-order valence-corrected chi connectivity index (χ3v) is 2.87. The van der Waals surface area contributed by atoms with Gasteiger partial charge in [-0.15, -0.1) is 0 Å². The Labute approximate surface area is 100 Å². The van der Waals surface area contributed by atoms with Gasteiger partial charge in [-0.25, -0.2) is 4.39 Å². The third kappa shape index (κ3) is 3.26. The van der Waals surface area contributed by atoms with Gasteiger partial charge >= 0.3 is 0 Å². The highest BCUT2D eigenvalue weighted by atomic mass is 19.1. The molecule has 0 spiro atoms. The molecule has 1 aliphatic rings. The molecule has 0 unspecified atom stereocenters. The van der Waals surface area contributed by atoms with E-state index in [1.54, 1.807) is 12.1 Å². The summed E-state index contributed by atoms with van der Waals surface area (Å²) in [6.07, 6.45) is 1.02. The topological polar surface area (TPSA) is 36.3 Å². The van der Waals surface area contributed by atoms with Crippen LogP contribution in [-0.2, 0) is 11.3 Å². The van der Waals surface area contributed by atoms with E-state index in [-0.39, 0.29) is 5.56 Å². The highest BCUT2D eigenvalue weighted by Gasteiger charge is 2.10. The first-order valence-corrected chi connectivity index (χ1v) is 5.78. The average molecular weight is 234 g/mol. The molecule has 0 saturated carbocycles. The fourth-order valence-corrected chi connectivity index (χ4v) is 1.97. The lowest BCUT2D eigenvalue weighted by Gasteiger charge is -2.19. The van der Waals surface area contributed by atoms with Crippen molar-refractivity contribution in [2.75, 3.05) is 26.3 Å². The molecule has 1 saturated heterocycles. The maximum absolute atomic E-state index is 13.2. The van der Waals surface area contributed by atoms with E-state index in [4.69, 9.17) is 10.00 Å². The van der Waals surface area contributed by atoms with E-state index in [1.807, 2.05) is 6.07 Å². The number of hydrogen-bond donors (Lipinski definition) is 0. The Balaban J connectivity index is 2.05. The first-order chi connectivity index (χ1) is 8.29. The number of halogens is 1. The molecule has 0 radical (unpaired) electrons. The minimum absolute atomic E-state index is 0.119. The molecule has 0 aliphatic carbocycles. The summed E-state index contributed by atoms with van der Waals surface area (Å²) in [5.41, 5.74) is 1.10. The molecule has 0 N–H and O–H groups in total. The van der Waals surface area contributed by atoms with Crippen molar-refractivity contribution >= 4 is 0 Å². The summed E-state index contributed by atoms with van der Waals surface area (Å²) in [5.74, 6) is -0.449. The van der Waals surface area contributed by atoms with Crippen LogP contribution >= 0.6 is 0 Å². The lowest BCUT2D eigenvalue weighted by Crippen LogP contribution is -2.25. The molecule has 3 nitrogen and oxygen atoms in total. The fourth-order valence-electron chi connectivity index (χ4n) is 1.97. The lowest BCUT2D eigenvalue weighted by molar-refractivity contribution is 0.140. The van der Waals surface area contributed by atoms with Gasteiger partial charge in [0.25, 0.3) is 0 Å². The summed E-state index contributed by atoms with van der Waals surface area (Å²) in [5, 5.41) is 8.77. The molecule has 1 aliphatic heterocycles. The van der Waals surface area contributed by atoms with Crippen LogP contribution in [0.4, 0.5) is 4.39 Å². The Kier molecular flexibility index (Phi) is 4.08. The van der Waals surface area contributed by atoms with Crippen molar-refractivity contribution in [1.29, 1.82) is 5.26 Å². The second-order valence-electron chi connectivity index (χ2n) is 4.17. The molecule has 4 heteroatoms. The molecular weight excluding hydrogens is 219 g/mol. The van der Waals surface area contributed by atoms with Gasteiger partial charge in [-0.2, -0.15) is 5.26 Å². The fraction of sp³-hybridized carbons (Fsp3) is 0.462. The lowest BCUT2D eigenvalue weighted by atomic mass is 10.1. The summed E-state index contributed by atoms with van der Waals surface area (Å²) in [6.45, 7) is 4.17. The van der Waals surface area contributed by atoms with Crippen LogP contribution in [0.5, 0.6) is 0 Å². The van der Waals surface area contributed by atoms with Crippen molar-refractivity contribution in [3.05, 3.63) is 35.1 Å². The molecule has 1 aromatic carbocycles. The average Bonchev–Trinajstić information content (AvgIpc) is 2.60. The first kappa shape index (κ1) is 12.0. The summed E-state index contributed by atoms with van der Waals surface area (Å²) in [6, 6.07) is 6.59. The van der Waals surface area contributed by atoms with Crippen molar-refractivity contribution in [1.82, 2.24) is 4.90 Å². The first-order valence-electron chi connectivity index (χ1n) is 5.78. The molecule has 0 bridgehead atoms. The van der Waals surface area contributed by atoms with Gasteiger partial charge in [0.2, 0.25) is 0 Å².